The van der Waals surface area contributed by atoms with E-state index in [9.17, 15) is 0 Å². The number of para-hydroxylation sites is 1. The normalized spacial score (nSPS) is 11.4. The number of aromatic nitrogens is 1. The number of hydrogen-bond donors (Lipinski definition) is 0. The fraction of sp³-hybridized carbons (Fsp3) is 0.143. The molecular formula is C21H19N. The lowest BCUT2D eigenvalue weighted by molar-refractivity contribution is 0.827. The molecule has 4 aromatic rings. The summed E-state index contributed by atoms with van der Waals surface area (Å²) < 4.78 is 2.42. The second-order valence-electron chi connectivity index (χ2n) is 5.83. The summed E-state index contributed by atoms with van der Waals surface area (Å²) in [5.41, 5.74) is 6.59. The predicted molar refractivity (Wildman–Crippen MR) is 95.3 cm³/mol. The van der Waals surface area contributed by atoms with E-state index in [1.54, 1.807) is 0 Å². The highest BCUT2D eigenvalue weighted by atomic mass is 15.0. The van der Waals surface area contributed by atoms with Crippen LogP contribution in [0, 0.1) is 6.92 Å². The first kappa shape index (κ1) is 13.1. The predicted octanol–water partition coefficient (Wildman–Crippen LogP) is 5.79. The molecule has 1 aromatic heterocycles. The Hall–Kier alpha value is -2.54. The highest BCUT2D eigenvalue weighted by Crippen LogP contribution is 2.37. The maximum atomic E-state index is 2.42. The molecule has 0 N–H and O–H groups in total. The molecule has 1 nitrogen and oxygen atoms in total. The summed E-state index contributed by atoms with van der Waals surface area (Å²) in [6.07, 6.45) is 0. The first-order valence-electron chi connectivity index (χ1n) is 7.86. The average molecular weight is 285 g/mol. The van der Waals surface area contributed by atoms with Crippen LogP contribution >= 0.6 is 0 Å². The van der Waals surface area contributed by atoms with Crippen molar-refractivity contribution in [1.82, 2.24) is 4.57 Å². The molecule has 0 fully saturated rings. The summed E-state index contributed by atoms with van der Waals surface area (Å²) in [5.74, 6) is 0. The number of rotatable bonds is 2. The standard InChI is InChI=1S/C21H19N/c1-3-22-19-12-8-7-11-17(19)21-18(13-15(2)14-20(21)22)16-9-5-4-6-10-16/h4-14H,3H2,1-2H3. The molecule has 0 atom stereocenters. The Balaban J connectivity index is 2.22. The fourth-order valence-corrected chi connectivity index (χ4v) is 3.50. The molecule has 0 aliphatic heterocycles. The molecule has 0 bridgehead atoms. The SMILES string of the molecule is CCn1c2ccccc2c2c(-c3ccccc3)cc(C)cc21. The Morgan fingerprint density at radius 2 is 1.55 bits per heavy atom. The summed E-state index contributed by atoms with van der Waals surface area (Å²) in [6, 6.07) is 24.1. The highest BCUT2D eigenvalue weighted by molar-refractivity contribution is 6.15. The molecule has 22 heavy (non-hydrogen) atoms. The average Bonchev–Trinajstić information content (AvgIpc) is 2.88. The van der Waals surface area contributed by atoms with Gasteiger partial charge < -0.3 is 4.57 Å². The van der Waals surface area contributed by atoms with Gasteiger partial charge in [0.05, 0.1) is 0 Å². The number of nitrogens with zero attached hydrogens (tertiary/aromatic N) is 1. The number of aryl methyl sites for hydroxylation is 2. The van der Waals surface area contributed by atoms with E-state index in [0.29, 0.717) is 0 Å². The van der Waals surface area contributed by atoms with Crippen LogP contribution in [-0.4, -0.2) is 4.57 Å². The zero-order valence-corrected chi connectivity index (χ0v) is 13.0. The Bertz CT molecular complexity index is 961. The minimum atomic E-state index is 0.988. The molecule has 0 aliphatic rings. The fourth-order valence-electron chi connectivity index (χ4n) is 3.50. The Morgan fingerprint density at radius 3 is 2.32 bits per heavy atom. The van der Waals surface area contributed by atoms with E-state index in [1.165, 1.54) is 38.5 Å². The zero-order chi connectivity index (χ0) is 15.1. The molecule has 4 rings (SSSR count). The van der Waals surface area contributed by atoms with Crippen LogP contribution < -0.4 is 0 Å². The molecule has 0 saturated heterocycles. The topological polar surface area (TPSA) is 4.93 Å². The molecule has 0 amide bonds. The van der Waals surface area contributed by atoms with Crippen LogP contribution in [0.4, 0.5) is 0 Å². The number of hydrogen-bond acceptors (Lipinski definition) is 0. The molecule has 0 radical (unpaired) electrons. The summed E-state index contributed by atoms with van der Waals surface area (Å²) in [7, 11) is 0. The van der Waals surface area contributed by atoms with Gasteiger partial charge in [-0.25, -0.2) is 0 Å². The Labute approximate surface area is 130 Å². The summed E-state index contributed by atoms with van der Waals surface area (Å²) in [6.45, 7) is 5.39. The monoisotopic (exact) mass is 285 g/mol. The molecule has 0 unspecified atom stereocenters. The maximum Gasteiger partial charge on any atom is 0.0500 e. The van der Waals surface area contributed by atoms with E-state index >= 15 is 0 Å². The second-order valence-corrected chi connectivity index (χ2v) is 5.83. The van der Waals surface area contributed by atoms with Crippen molar-refractivity contribution in [2.75, 3.05) is 0 Å². The van der Waals surface area contributed by atoms with Gasteiger partial charge in [-0.2, -0.15) is 0 Å². The number of fused-ring (bicyclic) bond motifs is 3. The summed E-state index contributed by atoms with van der Waals surface area (Å²) >= 11 is 0. The minimum Gasteiger partial charge on any atom is -0.341 e. The molecule has 3 aromatic carbocycles. The lowest BCUT2D eigenvalue weighted by Crippen LogP contribution is -1.93. The van der Waals surface area contributed by atoms with Crippen LogP contribution in [0.25, 0.3) is 32.9 Å². The minimum absolute atomic E-state index is 0.988. The summed E-state index contributed by atoms with van der Waals surface area (Å²) in [5, 5.41) is 2.72. The van der Waals surface area contributed by atoms with Crippen LogP contribution in [0.1, 0.15) is 12.5 Å². The van der Waals surface area contributed by atoms with Crippen LogP contribution in [0.3, 0.4) is 0 Å². The molecule has 0 spiro atoms. The molecule has 0 saturated carbocycles. The highest BCUT2D eigenvalue weighted by Gasteiger charge is 2.14. The van der Waals surface area contributed by atoms with E-state index in [4.69, 9.17) is 0 Å². The molecule has 108 valence electrons. The van der Waals surface area contributed by atoms with Gasteiger partial charge in [0.2, 0.25) is 0 Å². The van der Waals surface area contributed by atoms with E-state index < -0.39 is 0 Å². The lowest BCUT2D eigenvalue weighted by Gasteiger charge is -2.08. The largest absolute Gasteiger partial charge is 0.341 e. The quantitative estimate of drug-likeness (QED) is 0.439. The maximum absolute atomic E-state index is 2.42. The third kappa shape index (κ3) is 1.86. The van der Waals surface area contributed by atoms with Crippen molar-refractivity contribution in [3.8, 4) is 11.1 Å². The van der Waals surface area contributed by atoms with Crippen LogP contribution in [0.5, 0.6) is 0 Å². The van der Waals surface area contributed by atoms with Crippen LogP contribution in [0.2, 0.25) is 0 Å². The third-order valence-corrected chi connectivity index (χ3v) is 4.42. The van der Waals surface area contributed by atoms with Crippen molar-refractivity contribution in [1.29, 1.82) is 0 Å². The van der Waals surface area contributed by atoms with Crippen LogP contribution in [0.15, 0.2) is 66.7 Å². The van der Waals surface area contributed by atoms with E-state index in [-0.39, 0.29) is 0 Å². The molecular weight excluding hydrogens is 266 g/mol. The van der Waals surface area contributed by atoms with Gasteiger partial charge in [-0.1, -0.05) is 54.6 Å². The number of benzene rings is 3. The zero-order valence-electron chi connectivity index (χ0n) is 13.0. The van der Waals surface area contributed by atoms with E-state index in [0.717, 1.165) is 6.54 Å². The molecule has 1 heteroatoms. The van der Waals surface area contributed by atoms with Crippen molar-refractivity contribution >= 4 is 21.8 Å². The molecule has 0 aliphatic carbocycles. The van der Waals surface area contributed by atoms with E-state index in [1.807, 2.05) is 0 Å². The molecule has 1 heterocycles. The van der Waals surface area contributed by atoms with E-state index in [2.05, 4.69) is 85.1 Å². The van der Waals surface area contributed by atoms with Gasteiger partial charge in [-0.05, 0) is 42.7 Å². The lowest BCUT2D eigenvalue weighted by atomic mass is 9.97. The van der Waals surface area contributed by atoms with Gasteiger partial charge in [-0.3, -0.25) is 0 Å². The van der Waals surface area contributed by atoms with Crippen molar-refractivity contribution in [3.63, 3.8) is 0 Å². The van der Waals surface area contributed by atoms with Crippen molar-refractivity contribution in [2.45, 2.75) is 20.4 Å². The van der Waals surface area contributed by atoms with Gasteiger partial charge in [0, 0.05) is 28.4 Å². The van der Waals surface area contributed by atoms with Crippen LogP contribution in [-0.2, 0) is 6.54 Å². The summed E-state index contributed by atoms with van der Waals surface area (Å²) in [4.78, 5) is 0. The van der Waals surface area contributed by atoms with Crippen molar-refractivity contribution < 1.29 is 0 Å². The van der Waals surface area contributed by atoms with Gasteiger partial charge >= 0.3 is 0 Å². The second kappa shape index (κ2) is 5.03. The smallest absolute Gasteiger partial charge is 0.0500 e. The van der Waals surface area contributed by atoms with Crippen molar-refractivity contribution in [2.24, 2.45) is 0 Å². The van der Waals surface area contributed by atoms with Gasteiger partial charge in [0.25, 0.3) is 0 Å². The Morgan fingerprint density at radius 1 is 0.818 bits per heavy atom. The van der Waals surface area contributed by atoms with Gasteiger partial charge in [-0.15, -0.1) is 0 Å². The Kier molecular flexibility index (Phi) is 3.00. The van der Waals surface area contributed by atoms with Gasteiger partial charge in [0.1, 0.15) is 0 Å². The third-order valence-electron chi connectivity index (χ3n) is 4.42. The first-order valence-corrected chi connectivity index (χ1v) is 7.86. The van der Waals surface area contributed by atoms with Gasteiger partial charge in [0.15, 0.2) is 0 Å². The first-order chi connectivity index (χ1) is 10.8. The van der Waals surface area contributed by atoms with Crippen molar-refractivity contribution in [3.05, 3.63) is 72.3 Å².